The number of hydrogen-bond acceptors (Lipinski definition) is 3. The van der Waals surface area contributed by atoms with Crippen LogP contribution in [0.1, 0.15) is 27.2 Å². The van der Waals surface area contributed by atoms with Gasteiger partial charge in [-0.2, -0.15) is 0 Å². The molecule has 0 saturated carbocycles. The molecule has 1 rings (SSSR count). The van der Waals surface area contributed by atoms with Crippen molar-refractivity contribution in [3.63, 3.8) is 0 Å². The van der Waals surface area contributed by atoms with Gasteiger partial charge in [-0.15, -0.1) is 0 Å². The van der Waals surface area contributed by atoms with Crippen LogP contribution in [0.5, 0.6) is 0 Å². The minimum absolute atomic E-state index is 0. The Morgan fingerprint density at radius 1 is 1.15 bits per heavy atom. The van der Waals surface area contributed by atoms with Crippen molar-refractivity contribution in [2.45, 2.75) is 51.6 Å². The molecule has 0 bridgehead atoms. The Hall–Kier alpha value is 1.32. The van der Waals surface area contributed by atoms with Crippen molar-refractivity contribution in [3.05, 3.63) is 0 Å². The maximum atomic E-state index is 9.59. The normalized spacial score (nSPS) is 45.5. The third kappa shape index (κ3) is 3.14. The molecule has 13 heavy (non-hydrogen) atoms. The summed E-state index contributed by atoms with van der Waals surface area (Å²) in [5, 5.41) is 19.1. The van der Waals surface area contributed by atoms with Crippen LogP contribution < -0.4 is 0 Å². The summed E-state index contributed by atoms with van der Waals surface area (Å²) in [6, 6.07) is 0. The Morgan fingerprint density at radius 2 is 1.69 bits per heavy atom. The molecule has 0 amide bonds. The van der Waals surface area contributed by atoms with Crippen LogP contribution in [0.15, 0.2) is 0 Å². The van der Waals surface area contributed by atoms with Gasteiger partial charge in [0.25, 0.3) is 0 Å². The van der Waals surface area contributed by atoms with Crippen LogP contribution in [-0.4, -0.2) is 34.6 Å². The second-order valence-corrected chi connectivity index (χ2v) is 3.63. The van der Waals surface area contributed by atoms with Crippen molar-refractivity contribution >= 4 is 0 Å². The van der Waals surface area contributed by atoms with Crippen LogP contribution in [0.25, 0.3) is 0 Å². The summed E-state index contributed by atoms with van der Waals surface area (Å²) >= 11 is 0. The molecule has 0 aromatic rings. The van der Waals surface area contributed by atoms with Gasteiger partial charge in [0.15, 0.2) is 0 Å². The van der Waals surface area contributed by atoms with Crippen LogP contribution in [0.4, 0.5) is 0 Å². The maximum absolute atomic E-state index is 9.59. The van der Waals surface area contributed by atoms with Gasteiger partial charge in [-0.1, -0.05) is 13.8 Å². The van der Waals surface area contributed by atoms with Crippen LogP contribution in [-0.2, 0) is 4.74 Å². The summed E-state index contributed by atoms with van der Waals surface area (Å²) in [6.45, 7) is 5.77. The second kappa shape index (κ2) is 6.03. The molecule has 1 aliphatic heterocycles. The quantitative estimate of drug-likeness (QED) is 0.675. The second-order valence-electron chi connectivity index (χ2n) is 3.63. The van der Waals surface area contributed by atoms with Gasteiger partial charge >= 0.3 is 0 Å². The zero-order chi connectivity index (χ0) is 9.30. The van der Waals surface area contributed by atoms with Gasteiger partial charge in [-0.25, -0.2) is 0 Å². The molecule has 1 saturated heterocycles. The van der Waals surface area contributed by atoms with Crippen LogP contribution in [0.3, 0.4) is 0 Å². The van der Waals surface area contributed by atoms with E-state index in [1.165, 1.54) is 0 Å². The Kier molecular flexibility index (Phi) is 6.64. The van der Waals surface area contributed by atoms with Gasteiger partial charge in [-0.05, 0) is 13.3 Å². The van der Waals surface area contributed by atoms with Gasteiger partial charge < -0.3 is 14.9 Å². The molecule has 0 aromatic carbocycles. The molecule has 5 atom stereocenters. The number of rotatable bonds is 1. The molecule has 3 nitrogen and oxygen atoms in total. The van der Waals surface area contributed by atoms with Crippen molar-refractivity contribution in [1.29, 1.82) is 0 Å². The van der Waals surface area contributed by atoms with E-state index in [9.17, 15) is 10.2 Å². The van der Waals surface area contributed by atoms with E-state index in [-0.39, 0.29) is 62.2 Å². The third-order valence-corrected chi connectivity index (χ3v) is 2.80. The Labute approximate surface area is 115 Å². The van der Waals surface area contributed by atoms with E-state index >= 15 is 0 Å². The summed E-state index contributed by atoms with van der Waals surface area (Å²) < 4.78 is 5.52. The van der Waals surface area contributed by atoms with Crippen molar-refractivity contribution < 1.29 is 59.0 Å². The monoisotopic (exact) mass is 401 g/mol. The van der Waals surface area contributed by atoms with Crippen molar-refractivity contribution in [2.75, 3.05) is 0 Å². The van der Waals surface area contributed by atoms with Gasteiger partial charge in [0.2, 0.25) is 0 Å². The number of ether oxygens (including phenoxy) is 1. The first-order valence-corrected chi connectivity index (χ1v) is 4.59. The molecule has 0 aromatic heterocycles. The van der Waals surface area contributed by atoms with Gasteiger partial charge in [0.1, 0.15) is 6.10 Å². The molecule has 2 N–H and O–H groups in total. The van der Waals surface area contributed by atoms with Crippen LogP contribution >= 0.6 is 0 Å². The van der Waals surface area contributed by atoms with E-state index in [1.54, 1.807) is 0 Å². The molecule has 1 fully saturated rings. The van der Waals surface area contributed by atoms with E-state index < -0.39 is 12.2 Å². The fourth-order valence-corrected chi connectivity index (χ4v) is 1.63. The van der Waals surface area contributed by atoms with Gasteiger partial charge in [0.05, 0.1) is 18.3 Å². The minimum atomic E-state index is -0.721. The van der Waals surface area contributed by atoms with Crippen molar-refractivity contribution in [3.8, 4) is 0 Å². The minimum Gasteiger partial charge on any atom is -0.390 e. The number of aliphatic hydroxyl groups excluding tert-OH is 2. The van der Waals surface area contributed by atoms with Crippen molar-refractivity contribution in [1.82, 2.24) is 0 Å². The van der Waals surface area contributed by atoms with E-state index in [0.29, 0.717) is 0 Å². The fraction of sp³-hybridized carbons (Fsp3) is 1.00. The predicted octanol–water partition coefficient (Wildman–Crippen LogP) is 0.542. The first-order chi connectivity index (χ1) is 5.57. The number of aliphatic hydroxyl groups is 2. The van der Waals surface area contributed by atoms with E-state index in [0.717, 1.165) is 6.42 Å². The molecule has 4 heteroatoms. The van der Waals surface area contributed by atoms with Gasteiger partial charge in [-0.3, -0.25) is 0 Å². The third-order valence-electron chi connectivity index (χ3n) is 2.80. The smallest absolute Gasteiger partial charge is 0.106 e. The summed E-state index contributed by atoms with van der Waals surface area (Å²) in [5.74, 6) is 0.0165. The van der Waals surface area contributed by atoms with E-state index in [1.807, 2.05) is 20.8 Å². The Balaban J connectivity index is 0.00000144. The standard InChI is InChI=1S/C9H18O3.Ac/c1-4-7-9(11)8(10)5(2)6(3)12-7;/h5-11H,4H2,1-3H3;. The molecular weight excluding hydrogens is 383 g/mol. The Bertz CT molecular complexity index is 149. The fourth-order valence-electron chi connectivity index (χ4n) is 1.63. The molecule has 1 aliphatic rings. The molecular formula is C9H18AcO3. The average molecular weight is 401 g/mol. The van der Waals surface area contributed by atoms with Crippen LogP contribution in [0.2, 0.25) is 0 Å². The molecule has 1 heterocycles. The SMILES string of the molecule is CCC1OC(C)C(C)C(O)C1O.[Ac]. The number of hydrogen-bond donors (Lipinski definition) is 2. The topological polar surface area (TPSA) is 49.7 Å². The molecule has 75 valence electrons. The first-order valence-electron chi connectivity index (χ1n) is 4.59. The summed E-state index contributed by atoms with van der Waals surface area (Å²) in [6.07, 6.45) is -0.783. The average Bonchev–Trinajstić information content (AvgIpc) is 2.08. The van der Waals surface area contributed by atoms with Gasteiger partial charge in [0, 0.05) is 50.0 Å². The Morgan fingerprint density at radius 3 is 2.15 bits per heavy atom. The summed E-state index contributed by atoms with van der Waals surface area (Å²) in [4.78, 5) is 0. The van der Waals surface area contributed by atoms with Crippen LogP contribution in [0, 0.1) is 50.0 Å². The van der Waals surface area contributed by atoms with E-state index in [4.69, 9.17) is 4.74 Å². The molecule has 1 radical (unpaired) electrons. The van der Waals surface area contributed by atoms with Crippen molar-refractivity contribution in [2.24, 2.45) is 5.92 Å². The van der Waals surface area contributed by atoms with E-state index in [2.05, 4.69) is 0 Å². The molecule has 5 unspecified atom stereocenters. The zero-order valence-electron chi connectivity index (χ0n) is 8.47. The maximum Gasteiger partial charge on any atom is 0.106 e. The largest absolute Gasteiger partial charge is 0.390 e. The summed E-state index contributed by atoms with van der Waals surface area (Å²) in [5.41, 5.74) is 0. The summed E-state index contributed by atoms with van der Waals surface area (Å²) in [7, 11) is 0. The molecule has 0 spiro atoms. The first kappa shape index (κ1) is 14.3. The molecule has 0 aliphatic carbocycles. The zero-order valence-corrected chi connectivity index (χ0v) is 13.2. The predicted molar refractivity (Wildman–Crippen MR) is 45.8 cm³/mol.